The summed E-state index contributed by atoms with van der Waals surface area (Å²) in [5.41, 5.74) is 2.99. The van der Waals surface area contributed by atoms with Crippen molar-refractivity contribution in [2.45, 2.75) is 13.5 Å². The van der Waals surface area contributed by atoms with Gasteiger partial charge in [-0.1, -0.05) is 59.1 Å². The summed E-state index contributed by atoms with van der Waals surface area (Å²) in [5.74, 6) is -0.384. The van der Waals surface area contributed by atoms with Crippen LogP contribution in [0.3, 0.4) is 0 Å². The zero-order valence-corrected chi connectivity index (χ0v) is 19.8. The van der Waals surface area contributed by atoms with Gasteiger partial charge in [0.2, 0.25) is 10.0 Å². The molecule has 31 heavy (non-hydrogen) atoms. The van der Waals surface area contributed by atoms with E-state index in [9.17, 15) is 13.2 Å². The van der Waals surface area contributed by atoms with Crippen LogP contribution in [0.4, 0.5) is 11.4 Å². The summed E-state index contributed by atoms with van der Waals surface area (Å²) in [7, 11) is -3.50. The molecule has 162 valence electrons. The lowest BCUT2D eigenvalue weighted by atomic mass is 10.1. The highest BCUT2D eigenvalue weighted by Gasteiger charge is 2.18. The zero-order valence-electron chi connectivity index (χ0n) is 16.7. The van der Waals surface area contributed by atoms with Crippen LogP contribution in [0.1, 0.15) is 21.5 Å². The number of benzene rings is 3. The number of anilines is 2. The van der Waals surface area contributed by atoms with Gasteiger partial charge in [-0.3, -0.25) is 9.10 Å². The van der Waals surface area contributed by atoms with Crippen molar-refractivity contribution in [3.63, 3.8) is 0 Å². The normalized spacial score (nSPS) is 11.3. The number of aryl methyl sites for hydroxylation is 1. The Morgan fingerprint density at radius 2 is 1.58 bits per heavy atom. The molecule has 1 N–H and O–H groups in total. The Bertz CT molecular complexity index is 1230. The van der Waals surface area contributed by atoms with Gasteiger partial charge in [0.25, 0.3) is 5.91 Å². The van der Waals surface area contributed by atoms with Gasteiger partial charge in [0, 0.05) is 5.56 Å². The molecule has 0 aliphatic rings. The van der Waals surface area contributed by atoms with Gasteiger partial charge in [-0.25, -0.2) is 8.42 Å². The smallest absolute Gasteiger partial charge is 0.255 e. The minimum atomic E-state index is -3.50. The molecule has 0 heterocycles. The lowest BCUT2D eigenvalue weighted by Crippen LogP contribution is -2.29. The molecule has 0 bridgehead atoms. The fourth-order valence-electron chi connectivity index (χ4n) is 2.92. The molecule has 0 aliphatic heterocycles. The van der Waals surface area contributed by atoms with Gasteiger partial charge < -0.3 is 5.32 Å². The van der Waals surface area contributed by atoms with E-state index < -0.39 is 10.0 Å². The number of carbonyl (C=O) groups excluding carboxylic acids is 1. The summed E-state index contributed by atoms with van der Waals surface area (Å²) in [5, 5.41) is 3.52. The van der Waals surface area contributed by atoms with E-state index in [1.54, 1.807) is 30.3 Å². The number of hydrogen-bond donors (Lipinski definition) is 1. The van der Waals surface area contributed by atoms with Crippen molar-refractivity contribution in [3.8, 4) is 0 Å². The van der Waals surface area contributed by atoms with Gasteiger partial charge >= 0.3 is 0 Å². The fourth-order valence-corrected chi connectivity index (χ4v) is 4.40. The molecule has 0 spiro atoms. The van der Waals surface area contributed by atoms with Gasteiger partial charge in [0.15, 0.2) is 0 Å². The monoisotopic (exact) mass is 496 g/mol. The topological polar surface area (TPSA) is 66.5 Å². The second-order valence-electron chi connectivity index (χ2n) is 7.01. The number of amides is 1. The molecule has 0 saturated heterocycles. The Balaban J connectivity index is 1.79. The summed E-state index contributed by atoms with van der Waals surface area (Å²) >= 11 is 18.0. The van der Waals surface area contributed by atoms with Crippen molar-refractivity contribution >= 4 is 62.1 Å². The number of hydrogen-bond acceptors (Lipinski definition) is 3. The van der Waals surface area contributed by atoms with Crippen LogP contribution in [-0.2, 0) is 16.6 Å². The second kappa shape index (κ2) is 9.49. The minimum absolute atomic E-state index is 0.142. The third-order valence-electron chi connectivity index (χ3n) is 4.49. The number of rotatable bonds is 6. The Hall–Kier alpha value is -2.25. The van der Waals surface area contributed by atoms with E-state index in [0.29, 0.717) is 16.9 Å². The Morgan fingerprint density at radius 3 is 2.19 bits per heavy atom. The number of nitrogens with one attached hydrogen (secondary N) is 1. The third kappa shape index (κ3) is 5.92. The average Bonchev–Trinajstić information content (AvgIpc) is 2.69. The summed E-state index contributed by atoms with van der Waals surface area (Å²) in [4.78, 5) is 12.6. The van der Waals surface area contributed by atoms with Gasteiger partial charge in [-0.05, 0) is 54.4 Å². The van der Waals surface area contributed by atoms with Gasteiger partial charge in [0.05, 0.1) is 39.2 Å². The third-order valence-corrected chi connectivity index (χ3v) is 6.67. The molecule has 0 atom stereocenters. The molecule has 3 aromatic carbocycles. The van der Waals surface area contributed by atoms with Gasteiger partial charge in [-0.15, -0.1) is 0 Å². The van der Waals surface area contributed by atoms with Gasteiger partial charge in [0.1, 0.15) is 0 Å². The highest BCUT2D eigenvalue weighted by Crippen LogP contribution is 2.32. The van der Waals surface area contributed by atoms with Crippen LogP contribution in [0.25, 0.3) is 0 Å². The maximum atomic E-state index is 12.6. The zero-order chi connectivity index (χ0) is 22.8. The quantitative estimate of drug-likeness (QED) is 0.414. The summed E-state index contributed by atoms with van der Waals surface area (Å²) in [6.07, 6.45) is 1.16. The van der Waals surface area contributed by atoms with E-state index in [2.05, 4.69) is 5.32 Å². The number of halogens is 3. The standard InChI is InChI=1S/C22H19Cl3N2O3S/c1-14-4-3-5-17(10-14)27(31(2,29)30)13-15-6-8-16(9-7-15)22(28)26-21-12-19(24)18(23)11-20(21)25/h3-12H,13H2,1-2H3,(H,26,28). The maximum absolute atomic E-state index is 12.6. The predicted molar refractivity (Wildman–Crippen MR) is 128 cm³/mol. The SMILES string of the molecule is Cc1cccc(N(Cc2ccc(C(=O)Nc3cc(Cl)c(Cl)cc3Cl)cc2)S(C)(=O)=O)c1. The molecule has 0 radical (unpaired) electrons. The van der Waals surface area contributed by atoms with Crippen molar-refractivity contribution < 1.29 is 13.2 Å². The molecule has 0 aliphatic carbocycles. The van der Waals surface area contributed by atoms with E-state index in [1.165, 1.54) is 16.4 Å². The van der Waals surface area contributed by atoms with Crippen LogP contribution in [0.2, 0.25) is 15.1 Å². The first kappa shape index (κ1) is 23.4. The van der Waals surface area contributed by atoms with Crippen molar-refractivity contribution in [1.82, 2.24) is 0 Å². The Morgan fingerprint density at radius 1 is 0.935 bits per heavy atom. The van der Waals surface area contributed by atoms with Crippen molar-refractivity contribution in [2.75, 3.05) is 15.9 Å². The number of sulfonamides is 1. The summed E-state index contributed by atoms with van der Waals surface area (Å²) < 4.78 is 26.0. The number of nitrogens with zero attached hydrogens (tertiary/aromatic N) is 1. The minimum Gasteiger partial charge on any atom is -0.321 e. The van der Waals surface area contributed by atoms with Crippen LogP contribution >= 0.6 is 34.8 Å². The molecular weight excluding hydrogens is 479 g/mol. The molecule has 9 heteroatoms. The maximum Gasteiger partial charge on any atom is 0.255 e. The molecule has 0 unspecified atom stereocenters. The van der Waals surface area contributed by atoms with E-state index >= 15 is 0 Å². The lowest BCUT2D eigenvalue weighted by Gasteiger charge is -2.23. The van der Waals surface area contributed by atoms with E-state index in [0.717, 1.165) is 17.4 Å². The number of carbonyl (C=O) groups is 1. The van der Waals surface area contributed by atoms with Crippen molar-refractivity contribution in [1.29, 1.82) is 0 Å². The Kier molecular flexibility index (Phi) is 7.17. The molecule has 3 rings (SSSR count). The fraction of sp³-hybridized carbons (Fsp3) is 0.136. The van der Waals surface area contributed by atoms with E-state index in [-0.39, 0.29) is 27.5 Å². The van der Waals surface area contributed by atoms with E-state index in [1.807, 2.05) is 25.1 Å². The van der Waals surface area contributed by atoms with Gasteiger partial charge in [-0.2, -0.15) is 0 Å². The van der Waals surface area contributed by atoms with Crippen molar-refractivity contribution in [2.24, 2.45) is 0 Å². The largest absolute Gasteiger partial charge is 0.321 e. The highest BCUT2D eigenvalue weighted by molar-refractivity contribution is 7.92. The predicted octanol–water partition coefficient (Wildman–Crippen LogP) is 6.17. The second-order valence-corrected chi connectivity index (χ2v) is 10.1. The highest BCUT2D eigenvalue weighted by atomic mass is 35.5. The van der Waals surface area contributed by atoms with Crippen LogP contribution in [0, 0.1) is 6.92 Å². The average molecular weight is 498 g/mol. The molecule has 0 aromatic heterocycles. The first-order valence-electron chi connectivity index (χ1n) is 9.14. The van der Waals surface area contributed by atoms with E-state index in [4.69, 9.17) is 34.8 Å². The summed E-state index contributed by atoms with van der Waals surface area (Å²) in [6, 6.07) is 16.8. The Labute approximate surface area is 196 Å². The van der Waals surface area contributed by atoms with Crippen LogP contribution in [-0.4, -0.2) is 20.6 Å². The molecule has 0 fully saturated rings. The lowest BCUT2D eigenvalue weighted by molar-refractivity contribution is 0.102. The summed E-state index contributed by atoms with van der Waals surface area (Å²) in [6.45, 7) is 2.04. The molecule has 0 saturated carbocycles. The molecule has 3 aromatic rings. The molecule has 1 amide bonds. The van der Waals surface area contributed by atoms with Crippen LogP contribution in [0.15, 0.2) is 60.7 Å². The first-order chi connectivity index (χ1) is 14.5. The van der Waals surface area contributed by atoms with Crippen LogP contribution in [0.5, 0.6) is 0 Å². The van der Waals surface area contributed by atoms with Crippen LogP contribution < -0.4 is 9.62 Å². The molecule has 5 nitrogen and oxygen atoms in total. The first-order valence-corrected chi connectivity index (χ1v) is 12.1. The van der Waals surface area contributed by atoms with Crippen molar-refractivity contribution in [3.05, 3.63) is 92.4 Å². The molecular formula is C22H19Cl3N2O3S.